The van der Waals surface area contributed by atoms with Crippen LogP contribution in [0.1, 0.15) is 42.7 Å². The van der Waals surface area contributed by atoms with Crippen LogP contribution in [0.2, 0.25) is 0 Å². The molecule has 1 atom stereocenters. The lowest BCUT2D eigenvalue weighted by Gasteiger charge is -2.18. The second-order valence-electron chi connectivity index (χ2n) is 12.0. The standard InChI is InChI=1S/C44H36N4O5S/c45-41(49)37-18-10-11-19-38(37)47-44(52)40(32-14-6-2-7-15-32)54-36-26-22-34(23-27-36)46-43(51)39(48-42(50)33-16-8-3-9-17-33)28-30-20-24-35(25-21-30)53-29-31-12-4-1-5-13-31/h1-28,40H,29H2,(H2,45,49)(H,46,51)(H,47,52)(H,48,50)/b39-28-. The third-order valence-corrected chi connectivity index (χ3v) is 9.39. The molecular formula is C44H36N4O5S. The summed E-state index contributed by atoms with van der Waals surface area (Å²) in [6.07, 6.45) is 1.60. The van der Waals surface area contributed by atoms with Gasteiger partial charge in [0.05, 0.1) is 11.3 Å². The number of thioether (sulfide) groups is 1. The highest BCUT2D eigenvalue weighted by atomic mass is 32.2. The first-order chi connectivity index (χ1) is 26.3. The van der Waals surface area contributed by atoms with Crippen LogP contribution in [0, 0.1) is 0 Å². The first-order valence-electron chi connectivity index (χ1n) is 17.0. The molecule has 0 bridgehead atoms. The number of carbonyl (C=O) groups is 4. The van der Waals surface area contributed by atoms with Crippen molar-refractivity contribution in [1.82, 2.24) is 5.32 Å². The maximum absolute atomic E-state index is 13.7. The summed E-state index contributed by atoms with van der Waals surface area (Å²) < 4.78 is 5.90. The van der Waals surface area contributed by atoms with Crippen LogP contribution in [0.15, 0.2) is 174 Å². The summed E-state index contributed by atoms with van der Waals surface area (Å²) in [6.45, 7) is 0.416. The third kappa shape index (κ3) is 10.1. The largest absolute Gasteiger partial charge is 0.489 e. The Bertz CT molecular complexity index is 2250. The van der Waals surface area contributed by atoms with Crippen molar-refractivity contribution < 1.29 is 23.9 Å². The lowest BCUT2D eigenvalue weighted by atomic mass is 10.1. The van der Waals surface area contributed by atoms with Gasteiger partial charge in [-0.15, -0.1) is 11.8 Å². The van der Waals surface area contributed by atoms with Crippen LogP contribution < -0.4 is 26.4 Å². The molecule has 6 aromatic carbocycles. The normalized spacial score (nSPS) is 11.5. The summed E-state index contributed by atoms with van der Waals surface area (Å²) in [4.78, 5) is 53.2. The predicted molar refractivity (Wildman–Crippen MR) is 213 cm³/mol. The average molecular weight is 733 g/mol. The zero-order valence-electron chi connectivity index (χ0n) is 29.0. The Labute approximate surface area is 317 Å². The van der Waals surface area contributed by atoms with E-state index >= 15 is 0 Å². The maximum atomic E-state index is 13.7. The van der Waals surface area contributed by atoms with Crippen molar-refractivity contribution in [2.24, 2.45) is 5.73 Å². The molecule has 54 heavy (non-hydrogen) atoms. The number of nitrogens with one attached hydrogen (secondary N) is 3. The number of hydrogen-bond donors (Lipinski definition) is 4. The van der Waals surface area contributed by atoms with Gasteiger partial charge in [0.1, 0.15) is 23.3 Å². The molecule has 6 aromatic rings. The second kappa shape index (κ2) is 18.0. The van der Waals surface area contributed by atoms with Crippen molar-refractivity contribution in [2.75, 3.05) is 10.6 Å². The van der Waals surface area contributed by atoms with E-state index in [1.807, 2.05) is 60.7 Å². The van der Waals surface area contributed by atoms with Crippen molar-refractivity contribution in [1.29, 1.82) is 0 Å². The number of anilines is 2. The van der Waals surface area contributed by atoms with Gasteiger partial charge in [0.2, 0.25) is 5.91 Å². The molecule has 6 rings (SSSR count). The highest BCUT2D eigenvalue weighted by molar-refractivity contribution is 8.00. The summed E-state index contributed by atoms with van der Waals surface area (Å²) in [6, 6.07) is 48.6. The van der Waals surface area contributed by atoms with E-state index in [4.69, 9.17) is 10.5 Å². The molecular weight excluding hydrogens is 697 g/mol. The Morgan fingerprint density at radius 1 is 0.667 bits per heavy atom. The average Bonchev–Trinajstić information content (AvgIpc) is 3.21. The maximum Gasteiger partial charge on any atom is 0.272 e. The van der Waals surface area contributed by atoms with E-state index in [1.54, 1.807) is 109 Å². The van der Waals surface area contributed by atoms with Crippen LogP contribution in [0.4, 0.5) is 11.4 Å². The smallest absolute Gasteiger partial charge is 0.272 e. The summed E-state index contributed by atoms with van der Waals surface area (Å²) >= 11 is 1.31. The number of nitrogens with two attached hydrogens (primary N) is 1. The minimum Gasteiger partial charge on any atom is -0.489 e. The molecule has 1 unspecified atom stereocenters. The molecule has 0 radical (unpaired) electrons. The van der Waals surface area contributed by atoms with E-state index < -0.39 is 23.0 Å². The van der Waals surface area contributed by atoms with Gasteiger partial charge in [0.25, 0.3) is 17.7 Å². The zero-order chi connectivity index (χ0) is 37.7. The molecule has 0 saturated heterocycles. The van der Waals surface area contributed by atoms with Crippen LogP contribution in [-0.2, 0) is 16.2 Å². The number of para-hydroxylation sites is 1. The molecule has 9 nitrogen and oxygen atoms in total. The van der Waals surface area contributed by atoms with Gasteiger partial charge in [0, 0.05) is 16.1 Å². The molecule has 0 spiro atoms. The van der Waals surface area contributed by atoms with Gasteiger partial charge in [0.15, 0.2) is 0 Å². The Balaban J connectivity index is 1.17. The Morgan fingerprint density at radius 2 is 1.28 bits per heavy atom. The van der Waals surface area contributed by atoms with Gasteiger partial charge in [-0.3, -0.25) is 19.2 Å². The van der Waals surface area contributed by atoms with Gasteiger partial charge < -0.3 is 26.4 Å². The first kappa shape index (κ1) is 36.9. The minimum absolute atomic E-state index is 0.0392. The van der Waals surface area contributed by atoms with E-state index in [9.17, 15) is 19.2 Å². The van der Waals surface area contributed by atoms with Crippen molar-refractivity contribution in [3.63, 3.8) is 0 Å². The van der Waals surface area contributed by atoms with E-state index in [-0.39, 0.29) is 17.2 Å². The van der Waals surface area contributed by atoms with E-state index in [0.29, 0.717) is 34.9 Å². The fraction of sp³-hybridized carbons (Fsp3) is 0.0455. The van der Waals surface area contributed by atoms with Gasteiger partial charge >= 0.3 is 0 Å². The SMILES string of the molecule is NC(=O)c1ccccc1NC(=O)C(Sc1ccc(NC(=O)/C(=C/c2ccc(OCc3ccccc3)cc2)NC(=O)c2ccccc2)cc1)c1ccccc1. The van der Waals surface area contributed by atoms with Crippen molar-refractivity contribution >= 4 is 52.8 Å². The van der Waals surface area contributed by atoms with Crippen molar-refractivity contribution in [3.8, 4) is 5.75 Å². The molecule has 0 aliphatic carbocycles. The minimum atomic E-state index is -0.676. The van der Waals surface area contributed by atoms with Gasteiger partial charge in [-0.1, -0.05) is 103 Å². The van der Waals surface area contributed by atoms with Crippen LogP contribution in [0.3, 0.4) is 0 Å². The van der Waals surface area contributed by atoms with Gasteiger partial charge in [-0.05, 0) is 83.4 Å². The molecule has 268 valence electrons. The summed E-state index contributed by atoms with van der Waals surface area (Å²) in [7, 11) is 0. The summed E-state index contributed by atoms with van der Waals surface area (Å²) in [5.74, 6) is -1.28. The molecule has 0 saturated carbocycles. The van der Waals surface area contributed by atoms with Crippen molar-refractivity contribution in [2.45, 2.75) is 16.8 Å². The summed E-state index contributed by atoms with van der Waals surface area (Å²) in [5.41, 5.74) is 9.46. The van der Waals surface area contributed by atoms with Gasteiger partial charge in [-0.2, -0.15) is 0 Å². The highest BCUT2D eigenvalue weighted by Gasteiger charge is 2.24. The van der Waals surface area contributed by atoms with Crippen LogP contribution in [0.5, 0.6) is 5.75 Å². The predicted octanol–water partition coefficient (Wildman–Crippen LogP) is 8.25. The third-order valence-electron chi connectivity index (χ3n) is 8.13. The molecule has 0 aliphatic rings. The number of carbonyl (C=O) groups excluding carboxylic acids is 4. The quantitative estimate of drug-likeness (QED) is 0.0657. The second-order valence-corrected chi connectivity index (χ2v) is 13.2. The molecule has 5 N–H and O–H groups in total. The van der Waals surface area contributed by atoms with E-state index in [0.717, 1.165) is 16.0 Å². The number of rotatable bonds is 14. The van der Waals surface area contributed by atoms with Crippen LogP contribution in [0.25, 0.3) is 6.08 Å². The Kier molecular flexibility index (Phi) is 12.3. The number of primary amides is 1. The fourth-order valence-electron chi connectivity index (χ4n) is 5.37. The van der Waals surface area contributed by atoms with Gasteiger partial charge in [-0.25, -0.2) is 0 Å². The highest BCUT2D eigenvalue weighted by Crippen LogP contribution is 2.37. The Morgan fingerprint density at radius 3 is 1.94 bits per heavy atom. The Hall–Kier alpha value is -6.91. The zero-order valence-corrected chi connectivity index (χ0v) is 29.8. The number of hydrogen-bond acceptors (Lipinski definition) is 6. The fourth-order valence-corrected chi connectivity index (χ4v) is 6.39. The molecule has 4 amide bonds. The number of benzene rings is 6. The topological polar surface area (TPSA) is 140 Å². The molecule has 10 heteroatoms. The lowest BCUT2D eigenvalue weighted by Crippen LogP contribution is -2.30. The monoisotopic (exact) mass is 732 g/mol. The number of amides is 4. The molecule has 0 aromatic heterocycles. The van der Waals surface area contributed by atoms with E-state index in [1.165, 1.54) is 11.8 Å². The molecule has 0 aliphatic heterocycles. The van der Waals surface area contributed by atoms with Crippen molar-refractivity contribution in [3.05, 3.63) is 197 Å². The molecule has 0 heterocycles. The van der Waals surface area contributed by atoms with Crippen LogP contribution in [-0.4, -0.2) is 23.6 Å². The lowest BCUT2D eigenvalue weighted by molar-refractivity contribution is -0.116. The molecule has 0 fully saturated rings. The van der Waals surface area contributed by atoms with E-state index in [2.05, 4.69) is 16.0 Å². The number of ether oxygens (including phenoxy) is 1. The summed E-state index contributed by atoms with van der Waals surface area (Å²) in [5, 5.41) is 7.82. The van der Waals surface area contributed by atoms with Crippen LogP contribution >= 0.6 is 11.8 Å². The first-order valence-corrected chi connectivity index (χ1v) is 17.9.